The zero-order valence-electron chi connectivity index (χ0n) is 39.1. The molecule has 1 atom stereocenters. The van der Waals surface area contributed by atoms with E-state index in [1.54, 1.807) is 0 Å². The molecule has 0 radical (unpaired) electrons. The summed E-state index contributed by atoms with van der Waals surface area (Å²) in [6.07, 6.45) is 16.6. The number of benzene rings is 9. The standard InChI is InChI=1S/C66H49N3O2/c1-2-12-54(13-3-1)67(55-38-30-50(31-39-55)46-22-26-48(27-23-46)52-34-42-57(43-35-52)68-59-14-4-8-18-63(59)70-64-19-9-5-15-60(64)68)56-40-32-51(33-41-56)47-24-28-49(29-25-47)53-36-44-58(45-37-53)69-61-16-6-10-20-65(61)71-66-21-11-7-17-62(66)69/h1-2,4-12,14-44,58H,3,13,45H2. The fourth-order valence-electron chi connectivity index (χ4n) is 10.5. The minimum atomic E-state index is 0.191. The van der Waals surface area contributed by atoms with Crippen LogP contribution in [0.5, 0.6) is 23.0 Å². The molecule has 0 amide bonds. The topological polar surface area (TPSA) is 28.2 Å². The molecule has 0 spiro atoms. The van der Waals surface area contributed by atoms with Gasteiger partial charge >= 0.3 is 0 Å². The largest absolute Gasteiger partial charge is 0.453 e. The van der Waals surface area contributed by atoms with Crippen LogP contribution in [0.25, 0.3) is 39.0 Å². The van der Waals surface area contributed by atoms with Crippen molar-refractivity contribution in [1.29, 1.82) is 0 Å². The minimum Gasteiger partial charge on any atom is -0.453 e. The van der Waals surface area contributed by atoms with Gasteiger partial charge in [-0.05, 0) is 155 Å². The molecule has 2 aliphatic carbocycles. The average Bonchev–Trinajstić information content (AvgIpc) is 3.45. The van der Waals surface area contributed by atoms with E-state index in [2.05, 4.69) is 233 Å². The van der Waals surface area contributed by atoms with Crippen molar-refractivity contribution in [3.63, 3.8) is 0 Å². The highest BCUT2D eigenvalue weighted by atomic mass is 16.5. The van der Waals surface area contributed by atoms with Crippen molar-refractivity contribution >= 4 is 45.4 Å². The molecule has 5 nitrogen and oxygen atoms in total. The Morgan fingerprint density at radius 1 is 0.423 bits per heavy atom. The summed E-state index contributed by atoms with van der Waals surface area (Å²) in [5.41, 5.74) is 18.5. The van der Waals surface area contributed by atoms with Gasteiger partial charge in [-0.15, -0.1) is 0 Å². The predicted molar refractivity (Wildman–Crippen MR) is 293 cm³/mol. The molecule has 71 heavy (non-hydrogen) atoms. The smallest absolute Gasteiger partial charge is 0.151 e. The summed E-state index contributed by atoms with van der Waals surface area (Å²) in [7, 11) is 0. The minimum absolute atomic E-state index is 0.191. The molecule has 0 aromatic heterocycles. The molecule has 340 valence electrons. The fraction of sp³-hybridized carbons (Fsp3) is 0.0606. The van der Waals surface area contributed by atoms with Crippen LogP contribution in [-0.2, 0) is 0 Å². The molecular weight excluding hydrogens is 867 g/mol. The van der Waals surface area contributed by atoms with E-state index in [0.717, 1.165) is 82.1 Å². The third kappa shape index (κ3) is 7.97. The predicted octanol–water partition coefficient (Wildman–Crippen LogP) is 18.3. The quantitative estimate of drug-likeness (QED) is 0.144. The fourth-order valence-corrected chi connectivity index (χ4v) is 10.5. The Morgan fingerprint density at radius 2 is 0.831 bits per heavy atom. The number of anilines is 7. The summed E-state index contributed by atoms with van der Waals surface area (Å²) >= 11 is 0. The second-order valence-corrected chi connectivity index (χ2v) is 18.4. The van der Waals surface area contributed by atoms with Gasteiger partial charge < -0.3 is 24.2 Å². The number of rotatable bonds is 9. The number of hydrogen-bond acceptors (Lipinski definition) is 5. The van der Waals surface area contributed by atoms with Crippen molar-refractivity contribution in [2.24, 2.45) is 0 Å². The van der Waals surface area contributed by atoms with Gasteiger partial charge in [0.25, 0.3) is 0 Å². The third-order valence-corrected chi connectivity index (χ3v) is 14.1. The van der Waals surface area contributed by atoms with Gasteiger partial charge in [-0.25, -0.2) is 0 Å². The van der Waals surface area contributed by atoms with Crippen LogP contribution in [0, 0.1) is 0 Å². The Bertz CT molecular complexity index is 3460. The van der Waals surface area contributed by atoms with E-state index >= 15 is 0 Å². The van der Waals surface area contributed by atoms with Gasteiger partial charge in [0.2, 0.25) is 0 Å². The first-order chi connectivity index (χ1) is 35.2. The molecule has 1 unspecified atom stereocenters. The van der Waals surface area contributed by atoms with Crippen molar-refractivity contribution in [2.45, 2.75) is 25.3 Å². The second-order valence-electron chi connectivity index (χ2n) is 18.4. The van der Waals surface area contributed by atoms with Crippen LogP contribution < -0.4 is 24.2 Å². The van der Waals surface area contributed by atoms with E-state index in [-0.39, 0.29) is 6.04 Å². The Hall–Kier alpha value is -9.06. The molecule has 13 rings (SSSR count). The van der Waals surface area contributed by atoms with Gasteiger partial charge in [0.15, 0.2) is 23.0 Å². The van der Waals surface area contributed by atoms with Crippen LogP contribution in [0.3, 0.4) is 0 Å². The molecule has 4 aliphatic rings. The Morgan fingerprint density at radius 3 is 1.27 bits per heavy atom. The summed E-state index contributed by atoms with van der Waals surface area (Å²) < 4.78 is 12.5. The van der Waals surface area contributed by atoms with Crippen molar-refractivity contribution in [3.8, 4) is 56.4 Å². The van der Waals surface area contributed by atoms with Gasteiger partial charge in [-0.1, -0.05) is 164 Å². The van der Waals surface area contributed by atoms with Gasteiger partial charge in [0, 0.05) is 22.8 Å². The average molecular weight is 916 g/mol. The molecule has 9 aromatic rings. The molecule has 0 N–H and O–H groups in total. The normalized spacial score (nSPS) is 15.2. The lowest BCUT2D eigenvalue weighted by atomic mass is 9.94. The van der Waals surface area contributed by atoms with Crippen LogP contribution in [0.1, 0.15) is 24.8 Å². The first kappa shape index (κ1) is 42.1. The van der Waals surface area contributed by atoms with E-state index in [1.807, 2.05) is 36.4 Å². The van der Waals surface area contributed by atoms with E-state index in [0.29, 0.717) is 0 Å². The van der Waals surface area contributed by atoms with Gasteiger partial charge in [0.05, 0.1) is 28.8 Å². The van der Waals surface area contributed by atoms with E-state index in [9.17, 15) is 0 Å². The lowest BCUT2D eigenvalue weighted by molar-refractivity contribution is 0.470. The zero-order chi connectivity index (χ0) is 47.1. The van der Waals surface area contributed by atoms with Crippen LogP contribution in [-0.4, -0.2) is 6.04 Å². The molecule has 9 aromatic carbocycles. The van der Waals surface area contributed by atoms with Crippen molar-refractivity contribution in [2.75, 3.05) is 14.7 Å². The molecule has 0 bridgehead atoms. The first-order valence-electron chi connectivity index (χ1n) is 24.6. The van der Waals surface area contributed by atoms with Crippen LogP contribution in [0.2, 0.25) is 0 Å². The van der Waals surface area contributed by atoms with Gasteiger partial charge in [0.1, 0.15) is 0 Å². The lowest BCUT2D eigenvalue weighted by Crippen LogP contribution is -2.32. The monoisotopic (exact) mass is 915 g/mol. The highest BCUT2D eigenvalue weighted by molar-refractivity contribution is 5.87. The summed E-state index contributed by atoms with van der Waals surface area (Å²) in [6, 6.07) is 78.0. The maximum Gasteiger partial charge on any atom is 0.151 e. The zero-order valence-corrected chi connectivity index (χ0v) is 39.1. The SMILES string of the molecule is C1=CCCC(N(c2ccc(-c3ccc(C4=CCC(N5c6ccccc6Oc6ccccc65)C=C4)cc3)cc2)c2ccc(-c3ccc(-c4ccc(N5c6ccccc6Oc6ccccc65)cc4)cc3)cc2)=C1. The number of fused-ring (bicyclic) bond motifs is 4. The van der Waals surface area contributed by atoms with Gasteiger partial charge in [-0.3, -0.25) is 0 Å². The summed E-state index contributed by atoms with van der Waals surface area (Å²) in [6.45, 7) is 0. The lowest BCUT2D eigenvalue weighted by Gasteiger charge is -2.38. The molecule has 0 saturated carbocycles. The van der Waals surface area contributed by atoms with Crippen molar-refractivity contribution in [3.05, 3.63) is 266 Å². The van der Waals surface area contributed by atoms with Crippen LogP contribution >= 0.6 is 0 Å². The molecule has 0 saturated heterocycles. The summed E-state index contributed by atoms with van der Waals surface area (Å²) in [5.74, 6) is 3.49. The summed E-state index contributed by atoms with van der Waals surface area (Å²) in [5, 5.41) is 0. The molecular formula is C66H49N3O2. The number of hydrogen-bond donors (Lipinski definition) is 0. The highest BCUT2D eigenvalue weighted by Gasteiger charge is 2.30. The molecule has 0 fully saturated rings. The Kier molecular flexibility index (Phi) is 10.7. The Labute approximate surface area is 415 Å². The second kappa shape index (κ2) is 18.1. The van der Waals surface area contributed by atoms with E-state index in [1.165, 1.54) is 50.2 Å². The summed E-state index contributed by atoms with van der Waals surface area (Å²) in [4.78, 5) is 7.09. The maximum atomic E-state index is 6.27. The van der Waals surface area contributed by atoms with E-state index < -0.39 is 0 Å². The third-order valence-electron chi connectivity index (χ3n) is 14.1. The molecule has 2 aliphatic heterocycles. The van der Waals surface area contributed by atoms with E-state index in [4.69, 9.17) is 9.47 Å². The van der Waals surface area contributed by atoms with Crippen molar-refractivity contribution < 1.29 is 9.47 Å². The number of para-hydroxylation sites is 8. The number of ether oxygens (including phenoxy) is 2. The van der Waals surface area contributed by atoms with Gasteiger partial charge in [-0.2, -0.15) is 0 Å². The number of nitrogens with zero attached hydrogens (tertiary/aromatic N) is 3. The maximum absolute atomic E-state index is 6.27. The molecule has 2 heterocycles. The first-order valence-corrected chi connectivity index (χ1v) is 24.6. The molecule has 5 heteroatoms. The van der Waals surface area contributed by atoms with Crippen molar-refractivity contribution in [1.82, 2.24) is 0 Å². The van der Waals surface area contributed by atoms with Crippen LogP contribution in [0.15, 0.2) is 261 Å². The number of allylic oxidation sites excluding steroid dienone is 6. The highest BCUT2D eigenvalue weighted by Crippen LogP contribution is 2.51. The Balaban J connectivity index is 0.696. The van der Waals surface area contributed by atoms with Crippen LogP contribution in [0.4, 0.5) is 39.8 Å².